The number of ether oxygens (including phenoxy) is 1. The van der Waals surface area contributed by atoms with E-state index in [4.69, 9.17) is 9.72 Å². The minimum absolute atomic E-state index is 0.121. The fourth-order valence-corrected chi connectivity index (χ4v) is 6.14. The van der Waals surface area contributed by atoms with Gasteiger partial charge in [-0.1, -0.05) is 31.8 Å². The van der Waals surface area contributed by atoms with Gasteiger partial charge in [-0.3, -0.25) is 4.79 Å². The van der Waals surface area contributed by atoms with Crippen LogP contribution in [0.25, 0.3) is 32.2 Å². The van der Waals surface area contributed by atoms with Gasteiger partial charge in [0.05, 0.1) is 29.2 Å². The van der Waals surface area contributed by atoms with E-state index >= 15 is 0 Å². The van der Waals surface area contributed by atoms with E-state index in [1.165, 1.54) is 4.68 Å². The molecule has 0 saturated carbocycles. The van der Waals surface area contributed by atoms with Crippen molar-refractivity contribution in [1.82, 2.24) is 34.4 Å². The summed E-state index contributed by atoms with van der Waals surface area (Å²) in [6.45, 7) is 9.26. The summed E-state index contributed by atoms with van der Waals surface area (Å²) in [5, 5.41) is 15.0. The zero-order valence-corrected chi connectivity index (χ0v) is 22.6. The lowest BCUT2D eigenvalue weighted by Gasteiger charge is -2.15. The maximum absolute atomic E-state index is 13.4. The van der Waals surface area contributed by atoms with E-state index in [9.17, 15) is 4.79 Å². The molecule has 5 aromatic rings. The fraction of sp³-hybridized carbons (Fsp3) is 0.417. The molecule has 0 atom stereocenters. The van der Waals surface area contributed by atoms with E-state index in [1.54, 1.807) is 17.5 Å². The van der Waals surface area contributed by atoms with Crippen LogP contribution in [0, 0.1) is 0 Å². The van der Waals surface area contributed by atoms with Crippen LogP contribution in [0.2, 0.25) is 25.7 Å². The average Bonchev–Trinajstić information content (AvgIpc) is 3.48. The van der Waals surface area contributed by atoms with E-state index in [-0.39, 0.29) is 5.56 Å². The Morgan fingerprint density at radius 1 is 1.11 bits per heavy atom. The molecule has 184 valence electrons. The Morgan fingerprint density at radius 3 is 2.66 bits per heavy atom. The maximum atomic E-state index is 13.4. The number of hydrogen-bond acceptors (Lipinski definition) is 7. The molecule has 0 aliphatic carbocycles. The second-order valence-electron chi connectivity index (χ2n) is 10.1. The number of hydrogen-bond donors (Lipinski definition) is 1. The van der Waals surface area contributed by atoms with Crippen molar-refractivity contribution < 1.29 is 4.74 Å². The topological polar surface area (TPSA) is 91.8 Å². The van der Waals surface area contributed by atoms with Gasteiger partial charge in [0, 0.05) is 39.0 Å². The van der Waals surface area contributed by atoms with Gasteiger partial charge in [0.15, 0.2) is 5.65 Å². The van der Waals surface area contributed by atoms with Crippen LogP contribution in [0.4, 0.5) is 0 Å². The van der Waals surface area contributed by atoms with Gasteiger partial charge < -0.3 is 14.6 Å². The summed E-state index contributed by atoms with van der Waals surface area (Å²) < 4.78 is 12.2. The predicted molar refractivity (Wildman–Crippen MR) is 144 cm³/mol. The van der Waals surface area contributed by atoms with Crippen molar-refractivity contribution in [3.63, 3.8) is 0 Å². The number of aryl methyl sites for hydroxylation is 1. The normalized spacial score (nSPS) is 12.5. The molecule has 5 rings (SSSR count). The Labute approximate surface area is 208 Å². The van der Waals surface area contributed by atoms with Crippen LogP contribution < -0.4 is 10.9 Å². The maximum Gasteiger partial charge on any atom is 0.291 e. The third-order valence-corrected chi connectivity index (χ3v) is 8.99. The number of nitrogens with one attached hydrogen (secondary N) is 1. The van der Waals surface area contributed by atoms with Crippen LogP contribution >= 0.6 is 11.3 Å². The van der Waals surface area contributed by atoms with Gasteiger partial charge in [0.1, 0.15) is 17.3 Å². The van der Waals surface area contributed by atoms with Gasteiger partial charge in [0.25, 0.3) is 5.56 Å². The highest BCUT2D eigenvalue weighted by Gasteiger charge is 2.19. The first-order valence-corrected chi connectivity index (χ1v) is 16.3. The van der Waals surface area contributed by atoms with Gasteiger partial charge in [-0.15, -0.1) is 11.3 Å². The Balaban J connectivity index is 1.43. The number of benzene rings is 1. The molecule has 4 aromatic heterocycles. The van der Waals surface area contributed by atoms with E-state index in [2.05, 4.69) is 35.2 Å². The van der Waals surface area contributed by atoms with Crippen LogP contribution in [0.15, 0.2) is 35.4 Å². The molecular formula is C24H31N7O2SSi. The van der Waals surface area contributed by atoms with E-state index in [0.29, 0.717) is 25.3 Å². The lowest BCUT2D eigenvalue weighted by molar-refractivity contribution is 0.0817. The zero-order chi connectivity index (χ0) is 24.7. The van der Waals surface area contributed by atoms with Crippen LogP contribution in [-0.4, -0.2) is 50.8 Å². The summed E-state index contributed by atoms with van der Waals surface area (Å²) in [5.41, 5.74) is 3.32. The van der Waals surface area contributed by atoms with Crippen LogP contribution in [0.5, 0.6) is 0 Å². The molecule has 11 heteroatoms. The molecule has 0 spiro atoms. The molecule has 35 heavy (non-hydrogen) atoms. The zero-order valence-electron chi connectivity index (χ0n) is 20.8. The van der Waals surface area contributed by atoms with E-state index < -0.39 is 8.07 Å². The van der Waals surface area contributed by atoms with Gasteiger partial charge >= 0.3 is 0 Å². The summed E-state index contributed by atoms with van der Waals surface area (Å²) in [4.78, 5) is 18.1. The summed E-state index contributed by atoms with van der Waals surface area (Å²) in [5.74, 6) is 0. The monoisotopic (exact) mass is 509 g/mol. The lowest BCUT2D eigenvalue weighted by Crippen LogP contribution is -2.24. The molecule has 9 nitrogen and oxygen atoms in total. The molecule has 0 saturated heterocycles. The number of rotatable bonds is 9. The first-order valence-electron chi connectivity index (χ1n) is 11.8. The van der Waals surface area contributed by atoms with Gasteiger partial charge in [0.2, 0.25) is 0 Å². The van der Waals surface area contributed by atoms with Crippen molar-refractivity contribution in [2.75, 3.05) is 13.7 Å². The van der Waals surface area contributed by atoms with Gasteiger partial charge in [-0.2, -0.15) is 10.2 Å². The molecule has 0 aliphatic rings. The van der Waals surface area contributed by atoms with Crippen molar-refractivity contribution in [3.05, 3.63) is 51.5 Å². The molecule has 0 fully saturated rings. The third kappa shape index (κ3) is 4.56. The predicted octanol–water partition coefficient (Wildman–Crippen LogP) is 3.77. The first-order chi connectivity index (χ1) is 16.8. The largest absolute Gasteiger partial charge is 0.360 e. The van der Waals surface area contributed by atoms with E-state index in [0.717, 1.165) is 49.9 Å². The summed E-state index contributed by atoms with van der Waals surface area (Å²) in [6.07, 6.45) is 3.64. The molecule has 1 N–H and O–H groups in total. The molecule has 0 amide bonds. The molecule has 0 radical (unpaired) electrons. The minimum Gasteiger partial charge on any atom is -0.360 e. The highest BCUT2D eigenvalue weighted by atomic mass is 32.1. The molecule has 4 heterocycles. The van der Waals surface area contributed by atoms with E-state index in [1.807, 2.05) is 47.7 Å². The van der Waals surface area contributed by atoms with Crippen molar-refractivity contribution in [1.29, 1.82) is 0 Å². The summed E-state index contributed by atoms with van der Waals surface area (Å²) in [7, 11) is 2.66. The Morgan fingerprint density at radius 2 is 1.89 bits per heavy atom. The smallest absolute Gasteiger partial charge is 0.291 e. The second-order valence-corrected chi connectivity index (χ2v) is 16.8. The molecule has 1 aromatic carbocycles. The Kier molecular flexibility index (Phi) is 6.34. The highest BCUT2D eigenvalue weighted by Crippen LogP contribution is 2.30. The summed E-state index contributed by atoms with van der Waals surface area (Å²) in [6, 6.07) is 7.17. The summed E-state index contributed by atoms with van der Waals surface area (Å²) >= 11 is 1.60. The van der Waals surface area contributed by atoms with Crippen LogP contribution in [0.3, 0.4) is 0 Å². The highest BCUT2D eigenvalue weighted by molar-refractivity contribution is 7.19. The lowest BCUT2D eigenvalue weighted by atomic mass is 10.1. The van der Waals surface area contributed by atoms with Crippen molar-refractivity contribution in [2.45, 2.75) is 45.5 Å². The molecule has 0 aliphatic heterocycles. The minimum atomic E-state index is -1.13. The third-order valence-electron chi connectivity index (χ3n) is 6.21. The van der Waals surface area contributed by atoms with Crippen LogP contribution in [0.1, 0.15) is 10.6 Å². The van der Waals surface area contributed by atoms with Crippen molar-refractivity contribution >= 4 is 51.6 Å². The van der Waals surface area contributed by atoms with Crippen molar-refractivity contribution in [3.8, 4) is 0 Å². The number of nitrogens with zero attached hydrogens (tertiary/aromatic N) is 6. The second kappa shape index (κ2) is 9.30. The van der Waals surface area contributed by atoms with Gasteiger partial charge in [-0.05, 0) is 24.7 Å². The SMILES string of the molecule is CNCc1nc2c(s1)c1cnn(Cc3cccc4c3cnn4COCC[Si](C)(C)C)c(=O)c1n2C. The number of fused-ring (bicyclic) bond motifs is 4. The van der Waals surface area contributed by atoms with Crippen LogP contribution in [-0.2, 0) is 31.6 Å². The Bertz CT molecular complexity index is 1570. The number of aromatic nitrogens is 6. The standard InChI is InChI=1S/C24H31N7O2SSi/c1-25-13-20-28-23-22(34-20)18-12-26-30(24(32)21(18)29(23)2)14-16-7-6-8-19-17(16)11-27-31(19)15-33-9-10-35(3,4)5/h6-8,11-12,25H,9-10,13-15H2,1-5H3. The average molecular weight is 510 g/mol. The van der Waals surface area contributed by atoms with Crippen molar-refractivity contribution in [2.24, 2.45) is 7.05 Å². The first kappa shape index (κ1) is 23.9. The molecule has 0 unspecified atom stereocenters. The molecule has 0 bridgehead atoms. The molecular weight excluding hydrogens is 478 g/mol. The fourth-order valence-electron chi connectivity index (χ4n) is 4.27. The van der Waals surface area contributed by atoms with Gasteiger partial charge in [-0.25, -0.2) is 14.3 Å². The Hall–Kier alpha value is -2.86. The number of thiazole rings is 1. The quantitative estimate of drug-likeness (QED) is 0.240.